The Hall–Kier alpha value is -0.900. The standard InChI is InChI=1S/C18H28N2O/c1-19-13-18(9-5-11-21-15-18)14-20-10-8-17(12-20)16-6-3-2-4-7-16/h2-4,6-7,17,19H,5,8-15H2,1H3. The van der Waals surface area contributed by atoms with E-state index in [1.54, 1.807) is 0 Å². The molecule has 0 spiro atoms. The molecular weight excluding hydrogens is 260 g/mol. The van der Waals surface area contributed by atoms with Gasteiger partial charge in [-0.25, -0.2) is 0 Å². The van der Waals surface area contributed by atoms with Crippen molar-refractivity contribution in [3.05, 3.63) is 35.9 Å². The molecule has 2 saturated heterocycles. The minimum absolute atomic E-state index is 0.318. The minimum atomic E-state index is 0.318. The van der Waals surface area contributed by atoms with Gasteiger partial charge in [-0.2, -0.15) is 0 Å². The number of nitrogens with zero attached hydrogens (tertiary/aromatic N) is 1. The molecular formula is C18H28N2O. The molecule has 2 unspecified atom stereocenters. The van der Waals surface area contributed by atoms with Crippen LogP contribution in [0, 0.1) is 5.41 Å². The monoisotopic (exact) mass is 288 g/mol. The van der Waals surface area contributed by atoms with E-state index in [-0.39, 0.29) is 0 Å². The normalized spacial score (nSPS) is 30.6. The van der Waals surface area contributed by atoms with Crippen LogP contribution in [-0.4, -0.2) is 51.3 Å². The molecule has 0 bridgehead atoms. The maximum Gasteiger partial charge on any atom is 0.0546 e. The zero-order valence-corrected chi connectivity index (χ0v) is 13.2. The van der Waals surface area contributed by atoms with Gasteiger partial charge in [0.2, 0.25) is 0 Å². The van der Waals surface area contributed by atoms with Crippen LogP contribution in [0.1, 0.15) is 30.7 Å². The first-order valence-electron chi connectivity index (χ1n) is 8.31. The average molecular weight is 288 g/mol. The summed E-state index contributed by atoms with van der Waals surface area (Å²) in [6.45, 7) is 6.54. The molecule has 3 heteroatoms. The van der Waals surface area contributed by atoms with Gasteiger partial charge in [0.15, 0.2) is 0 Å². The van der Waals surface area contributed by atoms with E-state index in [4.69, 9.17) is 4.74 Å². The first kappa shape index (κ1) is 15.0. The molecule has 116 valence electrons. The SMILES string of the molecule is CNCC1(CN2CCC(c3ccccc3)C2)CCCOC1. The number of nitrogens with one attached hydrogen (secondary N) is 1. The Kier molecular flexibility index (Phi) is 4.94. The third-order valence-corrected chi connectivity index (χ3v) is 5.06. The molecule has 0 radical (unpaired) electrons. The molecule has 0 aromatic heterocycles. The topological polar surface area (TPSA) is 24.5 Å². The highest BCUT2D eigenvalue weighted by molar-refractivity contribution is 5.21. The summed E-state index contributed by atoms with van der Waals surface area (Å²) in [4.78, 5) is 2.66. The Balaban J connectivity index is 1.60. The van der Waals surface area contributed by atoms with Crippen LogP contribution < -0.4 is 5.32 Å². The fourth-order valence-electron chi connectivity index (χ4n) is 4.05. The quantitative estimate of drug-likeness (QED) is 0.901. The Labute approximate surface area is 128 Å². The zero-order valence-electron chi connectivity index (χ0n) is 13.2. The number of ether oxygens (including phenoxy) is 1. The van der Waals surface area contributed by atoms with E-state index in [0.29, 0.717) is 11.3 Å². The number of benzene rings is 1. The summed E-state index contributed by atoms with van der Waals surface area (Å²) in [5.41, 5.74) is 1.82. The van der Waals surface area contributed by atoms with Gasteiger partial charge in [-0.3, -0.25) is 0 Å². The van der Waals surface area contributed by atoms with Crippen molar-refractivity contribution in [2.45, 2.75) is 25.2 Å². The summed E-state index contributed by atoms with van der Waals surface area (Å²) in [6, 6.07) is 11.0. The largest absolute Gasteiger partial charge is 0.381 e. The van der Waals surface area contributed by atoms with Crippen molar-refractivity contribution in [2.75, 3.05) is 46.4 Å². The van der Waals surface area contributed by atoms with Gasteiger partial charge in [0, 0.05) is 31.7 Å². The third-order valence-electron chi connectivity index (χ3n) is 5.06. The van der Waals surface area contributed by atoms with Crippen LogP contribution >= 0.6 is 0 Å². The number of hydrogen-bond acceptors (Lipinski definition) is 3. The molecule has 3 rings (SSSR count). The lowest BCUT2D eigenvalue weighted by Crippen LogP contribution is -2.48. The molecule has 2 aliphatic rings. The fraction of sp³-hybridized carbons (Fsp3) is 0.667. The van der Waals surface area contributed by atoms with Crippen molar-refractivity contribution in [3.63, 3.8) is 0 Å². The molecule has 1 aromatic carbocycles. The van der Waals surface area contributed by atoms with Crippen molar-refractivity contribution in [3.8, 4) is 0 Å². The molecule has 0 aliphatic carbocycles. The summed E-state index contributed by atoms with van der Waals surface area (Å²) in [5, 5.41) is 3.39. The average Bonchev–Trinajstić information content (AvgIpc) is 2.97. The van der Waals surface area contributed by atoms with Gasteiger partial charge in [0.25, 0.3) is 0 Å². The lowest BCUT2D eigenvalue weighted by molar-refractivity contribution is -0.0223. The Morgan fingerprint density at radius 1 is 1.33 bits per heavy atom. The number of hydrogen-bond donors (Lipinski definition) is 1. The highest BCUT2D eigenvalue weighted by Gasteiger charge is 2.36. The van der Waals surface area contributed by atoms with Crippen LogP contribution in [0.2, 0.25) is 0 Å². The lowest BCUT2D eigenvalue weighted by atomic mass is 9.82. The maximum absolute atomic E-state index is 5.79. The second-order valence-electron chi connectivity index (χ2n) is 6.82. The van der Waals surface area contributed by atoms with E-state index in [1.807, 2.05) is 0 Å². The zero-order chi connectivity index (χ0) is 14.5. The third kappa shape index (κ3) is 3.65. The second-order valence-corrected chi connectivity index (χ2v) is 6.82. The molecule has 2 atom stereocenters. The van der Waals surface area contributed by atoms with Gasteiger partial charge in [-0.15, -0.1) is 0 Å². The highest BCUT2D eigenvalue weighted by Crippen LogP contribution is 2.33. The molecule has 2 heterocycles. The summed E-state index contributed by atoms with van der Waals surface area (Å²) in [7, 11) is 2.06. The Morgan fingerprint density at radius 3 is 2.90 bits per heavy atom. The van der Waals surface area contributed by atoms with E-state index in [1.165, 1.54) is 44.5 Å². The highest BCUT2D eigenvalue weighted by atomic mass is 16.5. The van der Waals surface area contributed by atoms with Crippen LogP contribution in [0.4, 0.5) is 0 Å². The van der Waals surface area contributed by atoms with Crippen molar-refractivity contribution in [1.82, 2.24) is 10.2 Å². The van der Waals surface area contributed by atoms with Crippen LogP contribution in [0.3, 0.4) is 0 Å². The van der Waals surface area contributed by atoms with E-state index in [2.05, 4.69) is 47.6 Å². The van der Waals surface area contributed by atoms with Gasteiger partial charge < -0.3 is 15.0 Å². The van der Waals surface area contributed by atoms with Crippen molar-refractivity contribution < 1.29 is 4.74 Å². The van der Waals surface area contributed by atoms with Gasteiger partial charge >= 0.3 is 0 Å². The molecule has 1 aromatic rings. The molecule has 1 N–H and O–H groups in total. The van der Waals surface area contributed by atoms with E-state index >= 15 is 0 Å². The summed E-state index contributed by atoms with van der Waals surface area (Å²) in [5.74, 6) is 0.711. The minimum Gasteiger partial charge on any atom is -0.381 e. The smallest absolute Gasteiger partial charge is 0.0546 e. The molecule has 0 saturated carbocycles. The molecule has 0 amide bonds. The predicted octanol–water partition coefficient (Wildman–Crippen LogP) is 2.49. The lowest BCUT2D eigenvalue weighted by Gasteiger charge is -2.40. The van der Waals surface area contributed by atoms with E-state index in [0.717, 1.165) is 19.8 Å². The summed E-state index contributed by atoms with van der Waals surface area (Å²) >= 11 is 0. The Bertz CT molecular complexity index is 423. The molecule has 3 nitrogen and oxygen atoms in total. The molecule has 2 aliphatic heterocycles. The van der Waals surface area contributed by atoms with E-state index < -0.39 is 0 Å². The predicted molar refractivity (Wildman–Crippen MR) is 86.7 cm³/mol. The first-order chi connectivity index (χ1) is 10.3. The number of rotatable bonds is 5. The molecule has 21 heavy (non-hydrogen) atoms. The van der Waals surface area contributed by atoms with Crippen LogP contribution in [0.25, 0.3) is 0 Å². The maximum atomic E-state index is 5.79. The number of likely N-dealkylation sites (tertiary alicyclic amines) is 1. The van der Waals surface area contributed by atoms with Crippen molar-refractivity contribution in [1.29, 1.82) is 0 Å². The van der Waals surface area contributed by atoms with Crippen molar-refractivity contribution in [2.24, 2.45) is 5.41 Å². The van der Waals surface area contributed by atoms with Crippen molar-refractivity contribution >= 4 is 0 Å². The van der Waals surface area contributed by atoms with Gasteiger partial charge in [0.05, 0.1) is 6.61 Å². The van der Waals surface area contributed by atoms with Crippen LogP contribution in [0.15, 0.2) is 30.3 Å². The second kappa shape index (κ2) is 6.91. The first-order valence-corrected chi connectivity index (χ1v) is 8.31. The fourth-order valence-corrected chi connectivity index (χ4v) is 4.05. The van der Waals surface area contributed by atoms with Crippen LogP contribution in [-0.2, 0) is 4.74 Å². The van der Waals surface area contributed by atoms with Gasteiger partial charge in [-0.05, 0) is 44.3 Å². The summed E-state index contributed by atoms with van der Waals surface area (Å²) in [6.07, 6.45) is 3.79. The van der Waals surface area contributed by atoms with E-state index in [9.17, 15) is 0 Å². The molecule has 2 fully saturated rings. The van der Waals surface area contributed by atoms with Gasteiger partial charge in [-0.1, -0.05) is 30.3 Å². The van der Waals surface area contributed by atoms with Gasteiger partial charge in [0.1, 0.15) is 0 Å². The summed E-state index contributed by atoms with van der Waals surface area (Å²) < 4.78 is 5.79. The Morgan fingerprint density at radius 2 is 2.19 bits per heavy atom. The van der Waals surface area contributed by atoms with Crippen LogP contribution in [0.5, 0.6) is 0 Å².